The van der Waals surface area contributed by atoms with E-state index in [1.165, 1.54) is 6.42 Å². The summed E-state index contributed by atoms with van der Waals surface area (Å²) in [6.07, 6.45) is 3.56. The predicted molar refractivity (Wildman–Crippen MR) is 64.5 cm³/mol. The van der Waals surface area contributed by atoms with Crippen molar-refractivity contribution in [3.63, 3.8) is 0 Å². The van der Waals surface area contributed by atoms with E-state index in [0.29, 0.717) is 17.3 Å². The van der Waals surface area contributed by atoms with Crippen LogP contribution in [0.1, 0.15) is 41.0 Å². The topological polar surface area (TPSA) is 66.3 Å². The first-order chi connectivity index (χ1) is 8.09. The number of hydrogen-bond donors (Lipinski definition) is 1. The molecule has 0 unspecified atom stereocenters. The number of aromatic carboxylic acids is 1. The highest BCUT2D eigenvalue weighted by Gasteiger charge is 2.19. The monoisotopic (exact) mass is 235 g/mol. The van der Waals surface area contributed by atoms with Crippen LogP contribution < -0.4 is 4.90 Å². The van der Waals surface area contributed by atoms with Crippen LogP contribution in [0.2, 0.25) is 0 Å². The van der Waals surface area contributed by atoms with Crippen LogP contribution in [0, 0.1) is 13.8 Å². The van der Waals surface area contributed by atoms with E-state index in [-0.39, 0.29) is 5.56 Å². The SMILES string of the molecule is Cc1nc(N2CCCCC2)nc(C)c1C(=O)O. The first-order valence-electron chi connectivity index (χ1n) is 5.93. The van der Waals surface area contributed by atoms with Crippen molar-refractivity contribution in [1.82, 2.24) is 9.97 Å². The molecule has 0 aliphatic carbocycles. The highest BCUT2D eigenvalue weighted by Crippen LogP contribution is 2.19. The summed E-state index contributed by atoms with van der Waals surface area (Å²) in [4.78, 5) is 21.8. The summed E-state index contributed by atoms with van der Waals surface area (Å²) in [6.45, 7) is 5.38. The second-order valence-corrected chi connectivity index (χ2v) is 4.42. The fourth-order valence-corrected chi connectivity index (χ4v) is 2.24. The average molecular weight is 235 g/mol. The molecule has 0 atom stereocenters. The van der Waals surface area contributed by atoms with Crippen molar-refractivity contribution in [2.24, 2.45) is 0 Å². The Kier molecular flexibility index (Phi) is 3.26. The Morgan fingerprint density at radius 1 is 1.12 bits per heavy atom. The second-order valence-electron chi connectivity index (χ2n) is 4.42. The van der Waals surface area contributed by atoms with E-state index in [4.69, 9.17) is 5.11 Å². The summed E-state index contributed by atoms with van der Waals surface area (Å²) in [6, 6.07) is 0. The van der Waals surface area contributed by atoms with E-state index in [2.05, 4.69) is 14.9 Å². The van der Waals surface area contributed by atoms with Gasteiger partial charge in [-0.15, -0.1) is 0 Å². The molecule has 0 saturated carbocycles. The number of nitrogens with zero attached hydrogens (tertiary/aromatic N) is 3. The maximum Gasteiger partial charge on any atom is 0.339 e. The largest absolute Gasteiger partial charge is 0.478 e. The van der Waals surface area contributed by atoms with Crippen LogP contribution >= 0.6 is 0 Å². The van der Waals surface area contributed by atoms with Gasteiger partial charge in [0.15, 0.2) is 0 Å². The third-order valence-corrected chi connectivity index (χ3v) is 3.11. The van der Waals surface area contributed by atoms with Gasteiger partial charge in [0.25, 0.3) is 0 Å². The van der Waals surface area contributed by atoms with Gasteiger partial charge in [0, 0.05) is 13.1 Å². The summed E-state index contributed by atoms with van der Waals surface area (Å²) in [7, 11) is 0. The van der Waals surface area contributed by atoms with Gasteiger partial charge in [-0.3, -0.25) is 0 Å². The van der Waals surface area contributed by atoms with Crippen molar-refractivity contribution in [3.05, 3.63) is 17.0 Å². The van der Waals surface area contributed by atoms with Gasteiger partial charge in [-0.2, -0.15) is 0 Å². The van der Waals surface area contributed by atoms with E-state index in [0.717, 1.165) is 25.9 Å². The molecule has 92 valence electrons. The molecule has 0 amide bonds. The number of hydrogen-bond acceptors (Lipinski definition) is 4. The lowest BCUT2D eigenvalue weighted by Crippen LogP contribution is -2.31. The molecule has 2 rings (SSSR count). The number of carbonyl (C=O) groups is 1. The highest BCUT2D eigenvalue weighted by molar-refractivity contribution is 5.90. The number of carboxylic acid groups (broad SMARTS) is 1. The molecule has 0 radical (unpaired) electrons. The van der Waals surface area contributed by atoms with Gasteiger partial charge in [0.2, 0.25) is 5.95 Å². The van der Waals surface area contributed by atoms with Crippen molar-refractivity contribution >= 4 is 11.9 Å². The third-order valence-electron chi connectivity index (χ3n) is 3.11. The normalized spacial score (nSPS) is 16.0. The second kappa shape index (κ2) is 4.69. The van der Waals surface area contributed by atoms with E-state index in [1.807, 2.05) is 0 Å². The summed E-state index contributed by atoms with van der Waals surface area (Å²) < 4.78 is 0. The zero-order valence-electron chi connectivity index (χ0n) is 10.2. The van der Waals surface area contributed by atoms with Crippen molar-refractivity contribution in [2.45, 2.75) is 33.1 Å². The molecular formula is C12H17N3O2. The molecule has 0 spiro atoms. The highest BCUT2D eigenvalue weighted by atomic mass is 16.4. The number of rotatable bonds is 2. The first-order valence-corrected chi connectivity index (χ1v) is 5.93. The van der Waals surface area contributed by atoms with Gasteiger partial charge in [0.1, 0.15) is 5.56 Å². The van der Waals surface area contributed by atoms with Gasteiger partial charge >= 0.3 is 5.97 Å². The van der Waals surface area contributed by atoms with Crippen molar-refractivity contribution < 1.29 is 9.90 Å². The van der Waals surface area contributed by atoms with Gasteiger partial charge in [0.05, 0.1) is 11.4 Å². The average Bonchev–Trinajstić information content (AvgIpc) is 2.28. The summed E-state index contributed by atoms with van der Waals surface area (Å²) >= 11 is 0. The van der Waals surface area contributed by atoms with Gasteiger partial charge in [-0.25, -0.2) is 14.8 Å². The Bertz CT molecular complexity index is 416. The molecule has 1 aromatic rings. The molecule has 5 heteroatoms. The molecule has 2 heterocycles. The molecule has 17 heavy (non-hydrogen) atoms. The molecule has 1 aromatic heterocycles. The summed E-state index contributed by atoms with van der Waals surface area (Å²) in [5.41, 5.74) is 1.32. The van der Waals surface area contributed by atoms with Gasteiger partial charge < -0.3 is 10.0 Å². The van der Waals surface area contributed by atoms with Crippen LogP contribution in [-0.4, -0.2) is 34.1 Å². The number of aryl methyl sites for hydroxylation is 2. The molecular weight excluding hydrogens is 218 g/mol. The maximum absolute atomic E-state index is 11.0. The van der Waals surface area contributed by atoms with E-state index >= 15 is 0 Å². The molecule has 1 fully saturated rings. The fourth-order valence-electron chi connectivity index (χ4n) is 2.24. The van der Waals surface area contributed by atoms with Crippen LogP contribution in [0.5, 0.6) is 0 Å². The minimum atomic E-state index is -0.954. The van der Waals surface area contributed by atoms with Gasteiger partial charge in [-0.1, -0.05) is 0 Å². The molecule has 1 aliphatic heterocycles. The van der Waals surface area contributed by atoms with Crippen LogP contribution in [0.15, 0.2) is 0 Å². The lowest BCUT2D eigenvalue weighted by molar-refractivity contribution is 0.0694. The van der Waals surface area contributed by atoms with Gasteiger partial charge in [-0.05, 0) is 33.1 Å². The Morgan fingerprint density at radius 2 is 1.65 bits per heavy atom. The minimum Gasteiger partial charge on any atom is -0.478 e. The Balaban J connectivity index is 2.34. The van der Waals surface area contributed by atoms with Crippen LogP contribution in [-0.2, 0) is 0 Å². The van der Waals surface area contributed by atoms with E-state index in [9.17, 15) is 4.79 Å². The van der Waals surface area contributed by atoms with Crippen molar-refractivity contribution in [3.8, 4) is 0 Å². The minimum absolute atomic E-state index is 0.228. The number of carboxylic acids is 1. The third kappa shape index (κ3) is 2.38. The molecule has 1 N–H and O–H groups in total. The lowest BCUT2D eigenvalue weighted by Gasteiger charge is -2.27. The number of aromatic nitrogens is 2. The quantitative estimate of drug-likeness (QED) is 0.846. The zero-order valence-corrected chi connectivity index (χ0v) is 10.2. The van der Waals surface area contributed by atoms with E-state index < -0.39 is 5.97 Å². The molecule has 5 nitrogen and oxygen atoms in total. The smallest absolute Gasteiger partial charge is 0.339 e. The predicted octanol–water partition coefficient (Wildman–Crippen LogP) is 1.78. The van der Waals surface area contributed by atoms with Crippen molar-refractivity contribution in [2.75, 3.05) is 18.0 Å². The number of piperidine rings is 1. The molecule has 1 aliphatic rings. The Hall–Kier alpha value is -1.65. The zero-order chi connectivity index (χ0) is 12.4. The standard InChI is InChI=1S/C12H17N3O2/c1-8-10(11(16)17)9(2)14-12(13-8)15-6-4-3-5-7-15/h3-7H2,1-2H3,(H,16,17). The molecule has 0 aromatic carbocycles. The molecule has 1 saturated heterocycles. The first kappa shape index (κ1) is 11.8. The summed E-state index contributed by atoms with van der Waals surface area (Å²) in [5.74, 6) is -0.283. The van der Waals surface area contributed by atoms with Crippen LogP contribution in [0.25, 0.3) is 0 Å². The van der Waals surface area contributed by atoms with Crippen LogP contribution in [0.4, 0.5) is 5.95 Å². The fraction of sp³-hybridized carbons (Fsp3) is 0.583. The Morgan fingerprint density at radius 3 is 2.12 bits per heavy atom. The molecule has 0 bridgehead atoms. The van der Waals surface area contributed by atoms with E-state index in [1.54, 1.807) is 13.8 Å². The lowest BCUT2D eigenvalue weighted by atomic mass is 10.1. The number of anilines is 1. The summed E-state index contributed by atoms with van der Waals surface area (Å²) in [5, 5.41) is 9.05. The van der Waals surface area contributed by atoms with Crippen molar-refractivity contribution in [1.29, 1.82) is 0 Å². The van der Waals surface area contributed by atoms with Crippen LogP contribution in [0.3, 0.4) is 0 Å². The Labute approximate surface area is 100 Å². The maximum atomic E-state index is 11.0.